The minimum atomic E-state index is -0.247. The maximum atomic E-state index is 11.1. The summed E-state index contributed by atoms with van der Waals surface area (Å²) in [6.45, 7) is 0.159. The number of ether oxygens (including phenoxy) is 1. The first-order valence-corrected chi connectivity index (χ1v) is 4.68. The SMILES string of the molecule is C#CCNC(=O)COc1ccc(Cl)cc1. The summed E-state index contributed by atoms with van der Waals surface area (Å²) in [5.74, 6) is 2.64. The zero-order valence-corrected chi connectivity index (χ0v) is 8.75. The van der Waals surface area contributed by atoms with E-state index in [4.69, 9.17) is 22.8 Å². The lowest BCUT2D eigenvalue weighted by Gasteiger charge is -2.05. The molecule has 0 aromatic heterocycles. The van der Waals surface area contributed by atoms with Crippen molar-refractivity contribution in [3.8, 4) is 18.1 Å². The van der Waals surface area contributed by atoms with Crippen LogP contribution in [0.2, 0.25) is 5.02 Å². The molecule has 4 heteroatoms. The molecule has 0 aliphatic rings. The van der Waals surface area contributed by atoms with Crippen LogP contribution in [0.5, 0.6) is 5.75 Å². The van der Waals surface area contributed by atoms with E-state index in [1.54, 1.807) is 24.3 Å². The predicted molar refractivity (Wildman–Crippen MR) is 58.8 cm³/mol. The third kappa shape index (κ3) is 4.39. The van der Waals surface area contributed by atoms with Crippen molar-refractivity contribution < 1.29 is 9.53 Å². The molecule has 0 unspecified atom stereocenters. The number of halogens is 1. The highest BCUT2D eigenvalue weighted by molar-refractivity contribution is 6.30. The van der Waals surface area contributed by atoms with E-state index >= 15 is 0 Å². The van der Waals surface area contributed by atoms with E-state index in [1.165, 1.54) is 0 Å². The molecule has 0 saturated carbocycles. The van der Waals surface area contributed by atoms with E-state index in [0.29, 0.717) is 10.8 Å². The Labute approximate surface area is 93.4 Å². The molecule has 0 spiro atoms. The van der Waals surface area contributed by atoms with Crippen molar-refractivity contribution in [2.75, 3.05) is 13.2 Å². The largest absolute Gasteiger partial charge is 0.484 e. The zero-order chi connectivity index (χ0) is 11.1. The van der Waals surface area contributed by atoms with Crippen LogP contribution in [0.4, 0.5) is 0 Å². The number of carbonyl (C=O) groups excluding carboxylic acids is 1. The summed E-state index contributed by atoms with van der Waals surface area (Å²) < 4.78 is 5.18. The minimum Gasteiger partial charge on any atom is -0.484 e. The molecule has 3 nitrogen and oxygen atoms in total. The lowest BCUT2D eigenvalue weighted by atomic mass is 10.3. The summed E-state index contributed by atoms with van der Waals surface area (Å²) >= 11 is 5.69. The molecule has 1 aromatic rings. The summed E-state index contributed by atoms with van der Waals surface area (Å²) in [6, 6.07) is 6.76. The zero-order valence-electron chi connectivity index (χ0n) is 8.00. The quantitative estimate of drug-likeness (QED) is 0.785. The Balaban J connectivity index is 2.34. The van der Waals surface area contributed by atoms with E-state index in [9.17, 15) is 4.79 Å². The van der Waals surface area contributed by atoms with E-state index < -0.39 is 0 Å². The van der Waals surface area contributed by atoms with Gasteiger partial charge in [0.1, 0.15) is 5.75 Å². The van der Waals surface area contributed by atoms with Gasteiger partial charge in [-0.1, -0.05) is 17.5 Å². The fraction of sp³-hybridized carbons (Fsp3) is 0.182. The van der Waals surface area contributed by atoms with Crippen LogP contribution in [0.25, 0.3) is 0 Å². The molecule has 1 N–H and O–H groups in total. The highest BCUT2D eigenvalue weighted by Crippen LogP contribution is 2.15. The van der Waals surface area contributed by atoms with Crippen molar-refractivity contribution in [3.05, 3.63) is 29.3 Å². The second-order valence-corrected chi connectivity index (χ2v) is 3.16. The number of nitrogens with one attached hydrogen (secondary N) is 1. The number of hydrogen-bond donors (Lipinski definition) is 1. The van der Waals surface area contributed by atoms with Crippen LogP contribution in [-0.4, -0.2) is 19.1 Å². The van der Waals surface area contributed by atoms with Gasteiger partial charge in [-0.15, -0.1) is 6.42 Å². The van der Waals surface area contributed by atoms with Crippen molar-refractivity contribution in [1.82, 2.24) is 5.32 Å². The molecule has 0 bridgehead atoms. The lowest BCUT2D eigenvalue weighted by Crippen LogP contribution is -2.28. The normalized spacial score (nSPS) is 9.07. The Hall–Kier alpha value is -1.66. The summed E-state index contributed by atoms with van der Waals surface area (Å²) in [7, 11) is 0. The molecule has 1 amide bonds. The van der Waals surface area contributed by atoms with Crippen LogP contribution in [0.3, 0.4) is 0 Å². The highest BCUT2D eigenvalue weighted by atomic mass is 35.5. The van der Waals surface area contributed by atoms with E-state index in [-0.39, 0.29) is 19.1 Å². The van der Waals surface area contributed by atoms with Crippen LogP contribution in [0, 0.1) is 12.3 Å². The second-order valence-electron chi connectivity index (χ2n) is 2.72. The van der Waals surface area contributed by atoms with Crippen LogP contribution in [-0.2, 0) is 4.79 Å². The minimum absolute atomic E-state index is 0.0523. The van der Waals surface area contributed by atoms with Gasteiger partial charge in [-0.25, -0.2) is 0 Å². The molecular weight excluding hydrogens is 214 g/mol. The van der Waals surface area contributed by atoms with Gasteiger partial charge in [0.25, 0.3) is 5.91 Å². The van der Waals surface area contributed by atoms with Gasteiger partial charge in [0.15, 0.2) is 6.61 Å². The number of amides is 1. The average molecular weight is 224 g/mol. The second kappa shape index (κ2) is 5.94. The van der Waals surface area contributed by atoms with Crippen molar-refractivity contribution in [1.29, 1.82) is 0 Å². The van der Waals surface area contributed by atoms with Gasteiger partial charge < -0.3 is 10.1 Å². The summed E-state index contributed by atoms with van der Waals surface area (Å²) in [5, 5.41) is 3.11. The third-order valence-electron chi connectivity index (χ3n) is 1.57. The van der Waals surface area contributed by atoms with Gasteiger partial charge >= 0.3 is 0 Å². The molecule has 0 aliphatic carbocycles. The maximum Gasteiger partial charge on any atom is 0.258 e. The van der Waals surface area contributed by atoms with E-state index in [2.05, 4.69) is 11.2 Å². The summed E-state index contributed by atoms with van der Waals surface area (Å²) in [4.78, 5) is 11.1. The van der Waals surface area contributed by atoms with Crippen LogP contribution >= 0.6 is 11.6 Å². The topological polar surface area (TPSA) is 38.3 Å². The molecule has 0 saturated heterocycles. The Morgan fingerprint density at radius 2 is 2.13 bits per heavy atom. The standard InChI is InChI=1S/C11H10ClNO2/c1-2-7-13-11(14)8-15-10-5-3-9(12)4-6-10/h1,3-6H,7-8H2,(H,13,14). The lowest BCUT2D eigenvalue weighted by molar-refractivity contribution is -0.122. The summed E-state index contributed by atoms with van der Waals surface area (Å²) in [5.41, 5.74) is 0. The van der Waals surface area contributed by atoms with Gasteiger partial charge in [0, 0.05) is 5.02 Å². The van der Waals surface area contributed by atoms with Crippen LogP contribution in [0.1, 0.15) is 0 Å². The fourth-order valence-electron chi connectivity index (χ4n) is 0.880. The fourth-order valence-corrected chi connectivity index (χ4v) is 1.01. The van der Waals surface area contributed by atoms with Crippen LogP contribution < -0.4 is 10.1 Å². The molecule has 0 fully saturated rings. The first kappa shape index (κ1) is 11.4. The average Bonchev–Trinajstić information content (AvgIpc) is 2.25. The van der Waals surface area contributed by atoms with Gasteiger partial charge in [0.2, 0.25) is 0 Å². The van der Waals surface area contributed by atoms with Crippen molar-refractivity contribution in [2.45, 2.75) is 0 Å². The molecule has 0 aliphatic heterocycles. The highest BCUT2D eigenvalue weighted by Gasteiger charge is 2.00. The molecule has 1 aromatic carbocycles. The Morgan fingerprint density at radius 1 is 1.47 bits per heavy atom. The van der Waals surface area contributed by atoms with Crippen molar-refractivity contribution in [2.24, 2.45) is 0 Å². The van der Waals surface area contributed by atoms with Crippen molar-refractivity contribution in [3.63, 3.8) is 0 Å². The number of rotatable bonds is 4. The van der Waals surface area contributed by atoms with Crippen molar-refractivity contribution >= 4 is 17.5 Å². The Bertz CT molecular complexity index is 367. The maximum absolute atomic E-state index is 11.1. The molecule has 0 radical (unpaired) electrons. The molecular formula is C11H10ClNO2. The van der Waals surface area contributed by atoms with Crippen LogP contribution in [0.15, 0.2) is 24.3 Å². The van der Waals surface area contributed by atoms with Gasteiger partial charge in [-0.3, -0.25) is 4.79 Å². The van der Waals surface area contributed by atoms with E-state index in [1.807, 2.05) is 0 Å². The smallest absolute Gasteiger partial charge is 0.258 e. The number of benzene rings is 1. The molecule has 0 heterocycles. The number of terminal acetylenes is 1. The van der Waals surface area contributed by atoms with Gasteiger partial charge in [0.05, 0.1) is 6.54 Å². The van der Waals surface area contributed by atoms with E-state index in [0.717, 1.165) is 0 Å². The molecule has 1 rings (SSSR count). The monoisotopic (exact) mass is 223 g/mol. The first-order chi connectivity index (χ1) is 7.22. The number of hydrogen-bond acceptors (Lipinski definition) is 2. The molecule has 78 valence electrons. The third-order valence-corrected chi connectivity index (χ3v) is 1.82. The van der Waals surface area contributed by atoms with Gasteiger partial charge in [-0.2, -0.15) is 0 Å². The Morgan fingerprint density at radius 3 is 2.73 bits per heavy atom. The number of carbonyl (C=O) groups is 1. The summed E-state index contributed by atoms with van der Waals surface area (Å²) in [6.07, 6.45) is 4.98. The van der Waals surface area contributed by atoms with Gasteiger partial charge in [-0.05, 0) is 24.3 Å². The predicted octanol–water partition coefficient (Wildman–Crippen LogP) is 1.47. The first-order valence-electron chi connectivity index (χ1n) is 4.31. The molecule has 0 atom stereocenters. The Kier molecular flexibility index (Phi) is 4.52. The molecule has 15 heavy (non-hydrogen) atoms.